The van der Waals surface area contributed by atoms with Gasteiger partial charge in [-0.15, -0.1) is 0 Å². The lowest BCUT2D eigenvalue weighted by molar-refractivity contribution is 0.255. The molecule has 2 rings (SSSR count). The van der Waals surface area contributed by atoms with Gasteiger partial charge >= 0.3 is 0 Å². The van der Waals surface area contributed by atoms with Crippen LogP contribution in [0, 0.1) is 5.92 Å². The fourth-order valence-corrected chi connectivity index (χ4v) is 2.54. The predicted molar refractivity (Wildman–Crippen MR) is 81.2 cm³/mol. The molecule has 1 unspecified atom stereocenters. The fraction of sp³-hybridized carbons (Fsp3) is 0.692. The third-order valence-corrected chi connectivity index (χ3v) is 3.86. The lowest BCUT2D eigenvalue weighted by Gasteiger charge is -2.23. The molecule has 0 aromatic carbocycles. The second kappa shape index (κ2) is 7.17. The minimum Gasteiger partial charge on any atom is -0.339 e. The summed E-state index contributed by atoms with van der Waals surface area (Å²) in [4.78, 5) is 13.5. The molecule has 1 aromatic heterocycles. The van der Waals surface area contributed by atoms with E-state index in [1.54, 1.807) is 0 Å². The Labute approximate surface area is 123 Å². The molecule has 0 bridgehead atoms. The van der Waals surface area contributed by atoms with Crippen molar-refractivity contribution in [3.63, 3.8) is 0 Å². The molecule has 1 atom stereocenters. The van der Waals surface area contributed by atoms with Gasteiger partial charge in [-0.3, -0.25) is 0 Å². The van der Waals surface area contributed by atoms with E-state index in [1.165, 1.54) is 0 Å². The molecule has 2 N–H and O–H groups in total. The summed E-state index contributed by atoms with van der Waals surface area (Å²) in [6, 6.07) is 0. The summed E-state index contributed by atoms with van der Waals surface area (Å²) in [7, 11) is 0. The Morgan fingerprint density at radius 2 is 2.00 bits per heavy atom. The maximum Gasteiger partial charge on any atom is 0.225 e. The van der Waals surface area contributed by atoms with E-state index in [4.69, 9.17) is 5.73 Å². The van der Waals surface area contributed by atoms with Gasteiger partial charge in [0.25, 0.3) is 0 Å². The number of nitrogens with two attached hydrogens (primary N) is 1. The first-order valence-electron chi connectivity index (χ1n) is 6.84. The molecule has 2 heterocycles. The fourth-order valence-electron chi connectivity index (χ4n) is 2.34. The van der Waals surface area contributed by atoms with Crippen molar-refractivity contribution >= 4 is 21.9 Å². The average Bonchev–Trinajstić information content (AvgIpc) is 2.65. The summed E-state index contributed by atoms with van der Waals surface area (Å²) in [5.74, 6) is 1.40. The van der Waals surface area contributed by atoms with Crippen LogP contribution in [0.4, 0.5) is 5.95 Å². The van der Waals surface area contributed by atoms with Crippen molar-refractivity contribution in [1.82, 2.24) is 14.9 Å². The monoisotopic (exact) mass is 327 g/mol. The van der Waals surface area contributed by atoms with Crippen LogP contribution in [0.2, 0.25) is 0 Å². The molecule has 0 aliphatic carbocycles. The van der Waals surface area contributed by atoms with Crippen molar-refractivity contribution in [2.75, 3.05) is 44.2 Å². The largest absolute Gasteiger partial charge is 0.339 e. The smallest absolute Gasteiger partial charge is 0.225 e. The van der Waals surface area contributed by atoms with Gasteiger partial charge in [-0.05, 0) is 41.4 Å². The number of anilines is 1. The Morgan fingerprint density at radius 3 is 2.68 bits per heavy atom. The minimum atomic E-state index is 0.565. The predicted octanol–water partition coefficient (Wildman–Crippen LogP) is 1.35. The molecule has 1 fully saturated rings. The molecule has 0 spiro atoms. The number of hydrogen-bond acceptors (Lipinski definition) is 5. The lowest BCUT2D eigenvalue weighted by Crippen LogP contribution is -2.35. The Balaban J connectivity index is 1.91. The van der Waals surface area contributed by atoms with Crippen LogP contribution in [0.25, 0.3) is 0 Å². The molecule has 1 aromatic rings. The average molecular weight is 328 g/mol. The normalized spacial score (nSPS) is 19.2. The summed E-state index contributed by atoms with van der Waals surface area (Å²) >= 11 is 3.37. The first kappa shape index (κ1) is 14.7. The summed E-state index contributed by atoms with van der Waals surface area (Å²) in [6.07, 6.45) is 4.76. The maximum absolute atomic E-state index is 5.70. The van der Waals surface area contributed by atoms with Crippen LogP contribution in [0.15, 0.2) is 16.9 Å². The van der Waals surface area contributed by atoms with Crippen molar-refractivity contribution in [3.8, 4) is 0 Å². The van der Waals surface area contributed by atoms with Gasteiger partial charge in [0.15, 0.2) is 0 Å². The van der Waals surface area contributed by atoms with Crippen molar-refractivity contribution in [3.05, 3.63) is 16.9 Å². The second-order valence-corrected chi connectivity index (χ2v) is 6.10. The highest BCUT2D eigenvalue weighted by Gasteiger charge is 2.17. The third kappa shape index (κ3) is 4.40. The molecular formula is C13H22BrN5. The van der Waals surface area contributed by atoms with Crippen LogP contribution in [-0.2, 0) is 0 Å². The molecule has 1 aliphatic rings. The molecule has 5 nitrogen and oxygen atoms in total. The summed E-state index contributed by atoms with van der Waals surface area (Å²) < 4.78 is 0.921. The SMILES string of the molecule is CC(CN)CN1CCCN(c2ncc(Br)cn2)CC1. The van der Waals surface area contributed by atoms with Gasteiger partial charge in [-0.25, -0.2) is 9.97 Å². The van der Waals surface area contributed by atoms with E-state index < -0.39 is 0 Å². The van der Waals surface area contributed by atoms with E-state index in [0.29, 0.717) is 5.92 Å². The molecule has 1 aliphatic heterocycles. The van der Waals surface area contributed by atoms with Crippen LogP contribution in [0.5, 0.6) is 0 Å². The van der Waals surface area contributed by atoms with E-state index in [1.807, 2.05) is 12.4 Å². The van der Waals surface area contributed by atoms with Crippen molar-refractivity contribution in [1.29, 1.82) is 0 Å². The zero-order chi connectivity index (χ0) is 13.7. The first-order valence-corrected chi connectivity index (χ1v) is 7.63. The van der Waals surface area contributed by atoms with Crippen molar-refractivity contribution in [2.45, 2.75) is 13.3 Å². The van der Waals surface area contributed by atoms with E-state index in [2.05, 4.69) is 42.6 Å². The summed E-state index contributed by atoms with van der Waals surface area (Å²) in [5.41, 5.74) is 5.70. The number of nitrogens with zero attached hydrogens (tertiary/aromatic N) is 4. The number of rotatable bonds is 4. The minimum absolute atomic E-state index is 0.565. The van der Waals surface area contributed by atoms with E-state index in [9.17, 15) is 0 Å². The van der Waals surface area contributed by atoms with Crippen LogP contribution in [-0.4, -0.2) is 54.1 Å². The highest BCUT2D eigenvalue weighted by Crippen LogP contribution is 2.14. The molecule has 0 radical (unpaired) electrons. The molecule has 0 amide bonds. The zero-order valence-corrected chi connectivity index (χ0v) is 13.0. The standard InChI is InChI=1S/C13H22BrN5/c1-11(7-15)10-18-3-2-4-19(6-5-18)13-16-8-12(14)9-17-13/h8-9,11H,2-7,10,15H2,1H3. The summed E-state index contributed by atoms with van der Waals surface area (Å²) in [6.45, 7) is 8.26. The quantitative estimate of drug-likeness (QED) is 0.904. The third-order valence-electron chi connectivity index (χ3n) is 3.45. The molecule has 1 saturated heterocycles. The van der Waals surface area contributed by atoms with Gasteiger partial charge in [-0.1, -0.05) is 6.92 Å². The molecule has 6 heteroatoms. The number of halogens is 1. The van der Waals surface area contributed by atoms with E-state index in [0.717, 1.165) is 56.1 Å². The van der Waals surface area contributed by atoms with Gasteiger partial charge in [0.1, 0.15) is 0 Å². The molecule has 106 valence electrons. The van der Waals surface area contributed by atoms with Gasteiger partial charge in [0, 0.05) is 38.6 Å². The topological polar surface area (TPSA) is 58.3 Å². The maximum atomic E-state index is 5.70. The molecular weight excluding hydrogens is 306 g/mol. The molecule has 0 saturated carbocycles. The lowest BCUT2D eigenvalue weighted by atomic mass is 10.1. The van der Waals surface area contributed by atoms with E-state index in [-0.39, 0.29) is 0 Å². The number of aromatic nitrogens is 2. The van der Waals surface area contributed by atoms with Gasteiger partial charge in [0.05, 0.1) is 4.47 Å². The Hall–Kier alpha value is -0.720. The van der Waals surface area contributed by atoms with Gasteiger partial charge < -0.3 is 15.5 Å². The van der Waals surface area contributed by atoms with Gasteiger partial charge in [-0.2, -0.15) is 0 Å². The zero-order valence-electron chi connectivity index (χ0n) is 11.4. The highest BCUT2D eigenvalue weighted by atomic mass is 79.9. The molecule has 19 heavy (non-hydrogen) atoms. The Morgan fingerprint density at radius 1 is 1.26 bits per heavy atom. The Bertz CT molecular complexity index is 383. The van der Waals surface area contributed by atoms with E-state index >= 15 is 0 Å². The van der Waals surface area contributed by atoms with Crippen LogP contribution in [0.3, 0.4) is 0 Å². The van der Waals surface area contributed by atoms with Gasteiger partial charge in [0.2, 0.25) is 5.95 Å². The van der Waals surface area contributed by atoms with Crippen molar-refractivity contribution in [2.24, 2.45) is 11.7 Å². The second-order valence-electron chi connectivity index (χ2n) is 5.18. The summed E-state index contributed by atoms with van der Waals surface area (Å²) in [5, 5.41) is 0. The van der Waals surface area contributed by atoms with Crippen molar-refractivity contribution < 1.29 is 0 Å². The number of hydrogen-bond donors (Lipinski definition) is 1. The van der Waals surface area contributed by atoms with Crippen LogP contribution in [0.1, 0.15) is 13.3 Å². The Kier molecular flexibility index (Phi) is 5.54. The first-order chi connectivity index (χ1) is 9.19. The highest BCUT2D eigenvalue weighted by molar-refractivity contribution is 9.10. The van der Waals surface area contributed by atoms with Crippen LogP contribution >= 0.6 is 15.9 Å². The van der Waals surface area contributed by atoms with Crippen LogP contribution < -0.4 is 10.6 Å².